The molecule has 2 heterocycles. The van der Waals surface area contributed by atoms with E-state index in [1.54, 1.807) is 0 Å². The van der Waals surface area contributed by atoms with Crippen LogP contribution in [0.25, 0.3) is 11.3 Å². The van der Waals surface area contributed by atoms with E-state index in [1.807, 2.05) is 53.4 Å². The summed E-state index contributed by atoms with van der Waals surface area (Å²) in [6, 6.07) is 21.3. The Hall–Kier alpha value is -2.86. The number of rotatable bonds is 6. The van der Waals surface area contributed by atoms with Crippen molar-refractivity contribution in [1.29, 1.82) is 0 Å². The van der Waals surface area contributed by atoms with Crippen molar-refractivity contribution in [3.8, 4) is 11.3 Å². The van der Waals surface area contributed by atoms with Crippen molar-refractivity contribution in [2.45, 2.75) is 36.7 Å². The second kappa shape index (κ2) is 9.76. The number of amides is 1. The number of carbonyl (C=O) groups excluding carboxylic acids is 1. The normalized spacial score (nSPS) is 13.9. The summed E-state index contributed by atoms with van der Waals surface area (Å²) in [5.74, 6) is 0.677. The van der Waals surface area contributed by atoms with Gasteiger partial charge < -0.3 is 4.90 Å². The van der Waals surface area contributed by atoms with Crippen molar-refractivity contribution in [1.82, 2.24) is 14.5 Å². The fourth-order valence-corrected chi connectivity index (χ4v) is 4.56. The fourth-order valence-electron chi connectivity index (χ4n) is 3.60. The second-order valence-electron chi connectivity index (χ2n) is 7.43. The molecule has 1 aliphatic rings. The van der Waals surface area contributed by atoms with Gasteiger partial charge in [0.05, 0.1) is 5.69 Å². The highest BCUT2D eigenvalue weighted by Gasteiger charge is 2.20. The van der Waals surface area contributed by atoms with Crippen LogP contribution >= 0.6 is 11.8 Å². The number of likely N-dealkylation sites (tertiary alicyclic amines) is 1. The summed E-state index contributed by atoms with van der Waals surface area (Å²) < 4.78 is 1.52. The van der Waals surface area contributed by atoms with E-state index in [9.17, 15) is 9.59 Å². The van der Waals surface area contributed by atoms with Crippen LogP contribution in [-0.4, -0.2) is 33.4 Å². The summed E-state index contributed by atoms with van der Waals surface area (Å²) in [7, 11) is 0. The smallest absolute Gasteiger partial charge is 0.255 e. The van der Waals surface area contributed by atoms with Gasteiger partial charge in [-0.3, -0.25) is 14.2 Å². The number of carbonyl (C=O) groups is 1. The van der Waals surface area contributed by atoms with E-state index in [1.165, 1.54) is 22.4 Å². The Bertz CT molecular complexity index is 1050. The molecule has 0 atom stereocenters. The molecule has 0 spiro atoms. The predicted octanol–water partition coefficient (Wildman–Crippen LogP) is 4.22. The van der Waals surface area contributed by atoms with E-state index in [0.717, 1.165) is 43.5 Å². The van der Waals surface area contributed by atoms with Crippen molar-refractivity contribution in [3.63, 3.8) is 0 Å². The first kappa shape index (κ1) is 20.4. The van der Waals surface area contributed by atoms with Crippen molar-refractivity contribution in [2.75, 3.05) is 13.1 Å². The minimum atomic E-state index is -0.190. The van der Waals surface area contributed by atoms with E-state index in [-0.39, 0.29) is 18.0 Å². The Morgan fingerprint density at radius 3 is 2.30 bits per heavy atom. The zero-order valence-corrected chi connectivity index (χ0v) is 17.7. The number of hydrogen-bond donors (Lipinski definition) is 0. The van der Waals surface area contributed by atoms with Gasteiger partial charge >= 0.3 is 0 Å². The molecule has 1 aromatic heterocycles. The van der Waals surface area contributed by atoms with Gasteiger partial charge in [0.15, 0.2) is 5.16 Å². The lowest BCUT2D eigenvalue weighted by Gasteiger charge is -2.27. The molecule has 0 aliphatic carbocycles. The van der Waals surface area contributed by atoms with Crippen LogP contribution < -0.4 is 5.56 Å². The molecule has 1 amide bonds. The van der Waals surface area contributed by atoms with Gasteiger partial charge in [0.2, 0.25) is 5.91 Å². The maximum Gasteiger partial charge on any atom is 0.255 e. The van der Waals surface area contributed by atoms with Gasteiger partial charge in [-0.05, 0) is 24.8 Å². The first-order valence-corrected chi connectivity index (χ1v) is 11.3. The van der Waals surface area contributed by atoms with Crippen LogP contribution in [0.5, 0.6) is 0 Å². The predicted molar refractivity (Wildman–Crippen MR) is 120 cm³/mol. The summed E-state index contributed by atoms with van der Waals surface area (Å²) in [6.07, 6.45) is 3.22. The number of thioether (sulfide) groups is 1. The third-order valence-electron chi connectivity index (χ3n) is 5.26. The fraction of sp³-hybridized carbons (Fsp3) is 0.292. The largest absolute Gasteiger partial charge is 0.341 e. The molecule has 30 heavy (non-hydrogen) atoms. The number of benzene rings is 2. The van der Waals surface area contributed by atoms with Crippen LogP contribution in [-0.2, 0) is 17.1 Å². The Labute approximate surface area is 180 Å². The van der Waals surface area contributed by atoms with Crippen LogP contribution in [0.2, 0.25) is 0 Å². The van der Waals surface area contributed by atoms with Crippen LogP contribution in [0.15, 0.2) is 76.7 Å². The molecule has 154 valence electrons. The monoisotopic (exact) mass is 419 g/mol. The molecule has 0 N–H and O–H groups in total. The number of nitrogens with zero attached hydrogens (tertiary/aromatic N) is 3. The van der Waals surface area contributed by atoms with Crippen LogP contribution in [0.4, 0.5) is 0 Å². The second-order valence-corrected chi connectivity index (χ2v) is 8.37. The maximum atomic E-state index is 13.0. The molecule has 0 unspecified atom stereocenters. The van der Waals surface area contributed by atoms with Crippen molar-refractivity contribution in [2.24, 2.45) is 0 Å². The standard InChI is InChI=1S/C24H25N3O2S/c28-22-16-21(20-12-6-2-7-13-20)25-24(30-18-19-10-4-1-5-11-19)27(22)17-23(29)26-14-8-3-9-15-26/h1-2,4-7,10-13,16H,3,8-9,14-15,17-18H2. The van der Waals surface area contributed by atoms with Gasteiger partial charge in [-0.15, -0.1) is 0 Å². The molecular formula is C24H25N3O2S. The molecule has 3 aromatic rings. The van der Waals surface area contributed by atoms with E-state index in [4.69, 9.17) is 4.98 Å². The highest BCUT2D eigenvalue weighted by molar-refractivity contribution is 7.98. The highest BCUT2D eigenvalue weighted by Crippen LogP contribution is 2.24. The van der Waals surface area contributed by atoms with E-state index in [0.29, 0.717) is 16.6 Å². The highest BCUT2D eigenvalue weighted by atomic mass is 32.2. The van der Waals surface area contributed by atoms with Gasteiger partial charge in [-0.2, -0.15) is 0 Å². The molecule has 0 saturated carbocycles. The quantitative estimate of drug-likeness (QED) is 0.444. The molecule has 6 heteroatoms. The van der Waals surface area contributed by atoms with Gasteiger partial charge in [-0.25, -0.2) is 4.98 Å². The molecule has 2 aromatic carbocycles. The van der Waals surface area contributed by atoms with Crippen molar-refractivity contribution in [3.05, 3.63) is 82.6 Å². The summed E-state index contributed by atoms with van der Waals surface area (Å²) in [5.41, 5.74) is 2.49. The Balaban J connectivity index is 1.64. The van der Waals surface area contributed by atoms with E-state index >= 15 is 0 Å². The number of aromatic nitrogens is 2. The third-order valence-corrected chi connectivity index (χ3v) is 6.30. The lowest BCUT2D eigenvalue weighted by atomic mass is 10.1. The minimum absolute atomic E-state index is 0.00683. The topological polar surface area (TPSA) is 55.2 Å². The van der Waals surface area contributed by atoms with E-state index in [2.05, 4.69) is 12.1 Å². The molecule has 1 saturated heterocycles. The average Bonchev–Trinajstić information content (AvgIpc) is 2.81. The van der Waals surface area contributed by atoms with Crippen LogP contribution in [0.3, 0.4) is 0 Å². The van der Waals surface area contributed by atoms with Crippen molar-refractivity contribution < 1.29 is 4.79 Å². The molecular weight excluding hydrogens is 394 g/mol. The van der Waals surface area contributed by atoms with Gasteiger partial charge in [-0.1, -0.05) is 72.4 Å². The lowest BCUT2D eigenvalue weighted by molar-refractivity contribution is -0.132. The first-order chi connectivity index (χ1) is 14.7. The molecule has 0 radical (unpaired) electrons. The average molecular weight is 420 g/mol. The van der Waals surface area contributed by atoms with Crippen LogP contribution in [0.1, 0.15) is 24.8 Å². The molecule has 0 bridgehead atoms. The summed E-state index contributed by atoms with van der Waals surface area (Å²) in [4.78, 5) is 32.5. The number of hydrogen-bond acceptors (Lipinski definition) is 4. The Morgan fingerprint density at radius 1 is 0.933 bits per heavy atom. The van der Waals surface area contributed by atoms with Gasteiger partial charge in [0.1, 0.15) is 6.54 Å². The summed E-state index contributed by atoms with van der Waals surface area (Å²) in [5, 5.41) is 0.579. The van der Waals surface area contributed by atoms with Gasteiger partial charge in [0.25, 0.3) is 5.56 Å². The zero-order chi connectivity index (χ0) is 20.8. The van der Waals surface area contributed by atoms with Crippen molar-refractivity contribution >= 4 is 17.7 Å². The molecule has 1 aliphatic heterocycles. The SMILES string of the molecule is O=C(Cn1c(SCc2ccccc2)nc(-c2ccccc2)cc1=O)N1CCCCC1. The minimum Gasteiger partial charge on any atom is -0.341 e. The van der Waals surface area contributed by atoms with Gasteiger partial charge in [0, 0.05) is 30.5 Å². The van der Waals surface area contributed by atoms with Crippen LogP contribution in [0, 0.1) is 0 Å². The molecule has 5 nitrogen and oxygen atoms in total. The Kier molecular flexibility index (Phi) is 6.64. The molecule has 4 rings (SSSR count). The maximum absolute atomic E-state index is 13.0. The third kappa shape index (κ3) is 5.00. The Morgan fingerprint density at radius 2 is 1.60 bits per heavy atom. The number of piperidine rings is 1. The first-order valence-electron chi connectivity index (χ1n) is 10.3. The summed E-state index contributed by atoms with van der Waals surface area (Å²) in [6.45, 7) is 1.59. The lowest BCUT2D eigenvalue weighted by Crippen LogP contribution is -2.40. The van der Waals surface area contributed by atoms with E-state index < -0.39 is 0 Å². The summed E-state index contributed by atoms with van der Waals surface area (Å²) >= 11 is 1.49. The zero-order valence-electron chi connectivity index (χ0n) is 16.9. The molecule has 1 fully saturated rings.